The van der Waals surface area contributed by atoms with Gasteiger partial charge in [0, 0.05) is 12.1 Å². The monoisotopic (exact) mass is 484 g/mol. The first kappa shape index (κ1) is 21.1. The molecule has 0 N–H and O–H groups in total. The maximum absolute atomic E-state index is 13.1. The SMILES string of the molecule is CCn1c(CSc2nc3ccccc3s2)nnc1SCc1nc(-c2ccc(F)cc2)no1. The smallest absolute Gasteiger partial charge is 0.237 e. The van der Waals surface area contributed by atoms with Gasteiger partial charge < -0.3 is 9.09 Å². The predicted molar refractivity (Wildman–Crippen MR) is 124 cm³/mol. The van der Waals surface area contributed by atoms with Crippen LogP contribution in [0.15, 0.2) is 62.6 Å². The second-order valence-corrected chi connectivity index (χ2v) is 9.88. The van der Waals surface area contributed by atoms with Crippen LogP contribution in [0.25, 0.3) is 21.6 Å². The molecule has 7 nitrogen and oxygen atoms in total. The second kappa shape index (κ2) is 9.39. The molecule has 5 aromatic rings. The molecular weight excluding hydrogens is 467 g/mol. The Kier molecular flexibility index (Phi) is 6.19. The van der Waals surface area contributed by atoms with Crippen LogP contribution in [0.4, 0.5) is 4.39 Å². The standard InChI is InChI=1S/C21H17FN6OS3/c1-2-28-17(11-31-21-23-15-5-3-4-6-16(15)32-21)25-26-20(28)30-12-18-24-19(27-29-18)13-7-9-14(22)10-8-13/h3-10H,2,11-12H2,1H3. The van der Waals surface area contributed by atoms with Gasteiger partial charge in [-0.25, -0.2) is 9.37 Å². The van der Waals surface area contributed by atoms with Gasteiger partial charge in [-0.15, -0.1) is 21.5 Å². The van der Waals surface area contributed by atoms with E-state index in [4.69, 9.17) is 4.52 Å². The van der Waals surface area contributed by atoms with Crippen molar-refractivity contribution in [3.63, 3.8) is 0 Å². The summed E-state index contributed by atoms with van der Waals surface area (Å²) in [6.45, 7) is 2.83. The summed E-state index contributed by atoms with van der Waals surface area (Å²) in [5, 5.41) is 13.5. The average molecular weight is 485 g/mol. The second-order valence-electron chi connectivity index (χ2n) is 6.69. The van der Waals surface area contributed by atoms with E-state index in [-0.39, 0.29) is 5.82 Å². The van der Waals surface area contributed by atoms with Gasteiger partial charge in [-0.2, -0.15) is 4.98 Å². The van der Waals surface area contributed by atoms with E-state index in [1.165, 1.54) is 28.6 Å². The molecule has 0 aliphatic rings. The molecule has 3 heterocycles. The van der Waals surface area contributed by atoms with E-state index in [0.717, 1.165) is 27.4 Å². The summed E-state index contributed by atoms with van der Waals surface area (Å²) in [5.74, 6) is 2.67. The molecule has 0 radical (unpaired) electrons. The van der Waals surface area contributed by atoms with E-state index in [1.807, 2.05) is 18.2 Å². The first-order valence-electron chi connectivity index (χ1n) is 9.81. The summed E-state index contributed by atoms with van der Waals surface area (Å²) in [4.78, 5) is 9.06. The van der Waals surface area contributed by atoms with Crippen LogP contribution in [0.1, 0.15) is 18.6 Å². The topological polar surface area (TPSA) is 82.5 Å². The van der Waals surface area contributed by atoms with E-state index in [0.29, 0.717) is 28.8 Å². The Balaban J connectivity index is 1.23. The molecule has 0 aliphatic carbocycles. The third-order valence-corrected chi connectivity index (χ3v) is 7.73. The molecule has 0 spiro atoms. The summed E-state index contributed by atoms with van der Waals surface area (Å²) in [5.41, 5.74) is 1.73. The van der Waals surface area contributed by atoms with Gasteiger partial charge in [0.05, 0.1) is 21.7 Å². The number of nitrogens with zero attached hydrogens (tertiary/aromatic N) is 6. The number of aromatic nitrogens is 6. The van der Waals surface area contributed by atoms with Crippen LogP contribution in [0.2, 0.25) is 0 Å². The first-order chi connectivity index (χ1) is 15.7. The number of hydrogen-bond acceptors (Lipinski definition) is 9. The van der Waals surface area contributed by atoms with Crippen LogP contribution < -0.4 is 0 Å². The van der Waals surface area contributed by atoms with Crippen molar-refractivity contribution in [3.05, 3.63) is 66.1 Å². The minimum atomic E-state index is -0.302. The number of para-hydroxylation sites is 1. The number of benzene rings is 2. The number of fused-ring (bicyclic) bond motifs is 1. The molecule has 0 bridgehead atoms. The van der Waals surface area contributed by atoms with Gasteiger partial charge in [-0.05, 0) is 43.3 Å². The summed E-state index contributed by atoms with van der Waals surface area (Å²) in [6.07, 6.45) is 0. The highest BCUT2D eigenvalue weighted by atomic mass is 32.2. The third kappa shape index (κ3) is 4.54. The first-order valence-corrected chi connectivity index (χ1v) is 12.6. The molecule has 0 fully saturated rings. The lowest BCUT2D eigenvalue weighted by Crippen LogP contribution is -2.02. The summed E-state index contributed by atoms with van der Waals surface area (Å²) >= 11 is 4.84. The van der Waals surface area contributed by atoms with E-state index >= 15 is 0 Å². The maximum Gasteiger partial charge on any atom is 0.237 e. The third-order valence-electron chi connectivity index (χ3n) is 4.60. The lowest BCUT2D eigenvalue weighted by Gasteiger charge is -2.05. The highest BCUT2D eigenvalue weighted by Gasteiger charge is 2.15. The van der Waals surface area contributed by atoms with E-state index in [1.54, 1.807) is 35.2 Å². The van der Waals surface area contributed by atoms with Crippen molar-refractivity contribution in [2.75, 3.05) is 0 Å². The molecule has 162 valence electrons. The summed E-state index contributed by atoms with van der Waals surface area (Å²) in [6, 6.07) is 14.1. The lowest BCUT2D eigenvalue weighted by molar-refractivity contribution is 0.391. The fourth-order valence-corrected chi connectivity index (χ4v) is 5.91. The van der Waals surface area contributed by atoms with Crippen LogP contribution in [0, 0.1) is 5.82 Å². The number of thioether (sulfide) groups is 2. The van der Waals surface area contributed by atoms with Gasteiger partial charge in [-0.3, -0.25) is 0 Å². The van der Waals surface area contributed by atoms with Gasteiger partial charge in [0.1, 0.15) is 11.6 Å². The Morgan fingerprint density at radius 2 is 1.84 bits per heavy atom. The van der Waals surface area contributed by atoms with Crippen LogP contribution in [-0.2, 0) is 18.1 Å². The largest absolute Gasteiger partial charge is 0.338 e. The van der Waals surface area contributed by atoms with Crippen LogP contribution >= 0.6 is 34.9 Å². The summed E-state index contributed by atoms with van der Waals surface area (Å²) < 4.78 is 22.7. The molecule has 11 heteroatoms. The van der Waals surface area contributed by atoms with Gasteiger partial charge in [0.25, 0.3) is 0 Å². The molecule has 32 heavy (non-hydrogen) atoms. The molecule has 0 saturated carbocycles. The van der Waals surface area contributed by atoms with E-state index in [2.05, 4.69) is 42.9 Å². The minimum absolute atomic E-state index is 0.302. The molecule has 0 saturated heterocycles. The number of halogens is 1. The van der Waals surface area contributed by atoms with E-state index < -0.39 is 0 Å². The Hall–Kier alpha value is -2.76. The van der Waals surface area contributed by atoms with Gasteiger partial charge in [0.2, 0.25) is 11.7 Å². The number of rotatable bonds is 8. The van der Waals surface area contributed by atoms with Gasteiger partial charge in [0.15, 0.2) is 9.50 Å². The Bertz CT molecular complexity index is 1310. The molecule has 2 aromatic carbocycles. The normalized spacial score (nSPS) is 11.4. The Morgan fingerprint density at radius 1 is 1.00 bits per heavy atom. The fraction of sp³-hybridized carbons (Fsp3) is 0.190. The Morgan fingerprint density at radius 3 is 2.66 bits per heavy atom. The maximum atomic E-state index is 13.1. The van der Waals surface area contributed by atoms with Crippen molar-refractivity contribution in [1.29, 1.82) is 0 Å². The van der Waals surface area contributed by atoms with Crippen molar-refractivity contribution in [2.24, 2.45) is 0 Å². The quantitative estimate of drug-likeness (QED) is 0.260. The molecular formula is C21H17FN6OS3. The summed E-state index contributed by atoms with van der Waals surface area (Å²) in [7, 11) is 0. The van der Waals surface area contributed by atoms with Crippen molar-refractivity contribution in [3.8, 4) is 11.4 Å². The lowest BCUT2D eigenvalue weighted by atomic mass is 10.2. The minimum Gasteiger partial charge on any atom is -0.338 e. The van der Waals surface area contributed by atoms with Crippen molar-refractivity contribution in [1.82, 2.24) is 29.9 Å². The predicted octanol–water partition coefficient (Wildman–Crippen LogP) is 5.68. The van der Waals surface area contributed by atoms with E-state index in [9.17, 15) is 4.39 Å². The number of thiazole rings is 1. The van der Waals surface area contributed by atoms with Crippen LogP contribution in [0.5, 0.6) is 0 Å². The van der Waals surface area contributed by atoms with Gasteiger partial charge >= 0.3 is 0 Å². The zero-order valence-electron chi connectivity index (χ0n) is 16.9. The molecule has 5 rings (SSSR count). The zero-order valence-corrected chi connectivity index (χ0v) is 19.4. The van der Waals surface area contributed by atoms with Crippen molar-refractivity contribution < 1.29 is 8.91 Å². The molecule has 0 unspecified atom stereocenters. The highest BCUT2D eigenvalue weighted by Crippen LogP contribution is 2.32. The molecule has 0 atom stereocenters. The van der Waals surface area contributed by atoms with Crippen molar-refractivity contribution in [2.45, 2.75) is 34.5 Å². The fourth-order valence-electron chi connectivity index (χ4n) is 3.05. The highest BCUT2D eigenvalue weighted by molar-refractivity contribution is 8.00. The number of hydrogen-bond donors (Lipinski definition) is 0. The molecule has 0 amide bonds. The van der Waals surface area contributed by atoms with Crippen LogP contribution in [0.3, 0.4) is 0 Å². The molecule has 0 aliphatic heterocycles. The Labute approximate surface area is 195 Å². The zero-order chi connectivity index (χ0) is 21.9. The van der Waals surface area contributed by atoms with Crippen LogP contribution in [-0.4, -0.2) is 29.9 Å². The average Bonchev–Trinajstić information content (AvgIpc) is 3.54. The molecule has 3 aromatic heterocycles. The van der Waals surface area contributed by atoms with Crippen molar-refractivity contribution >= 4 is 45.1 Å². The van der Waals surface area contributed by atoms with Gasteiger partial charge in [-0.1, -0.05) is 40.8 Å².